The molecule has 1 fully saturated rings. The van der Waals surface area contributed by atoms with Crippen molar-refractivity contribution in [2.24, 2.45) is 0 Å². The Labute approximate surface area is 263 Å². The van der Waals surface area contributed by atoms with Crippen LogP contribution in [0.3, 0.4) is 0 Å². The fourth-order valence-electron chi connectivity index (χ4n) is 4.24. The molecule has 3 heterocycles. The fourth-order valence-corrected chi connectivity index (χ4v) is 4.24. The number of anilines is 1. The van der Waals surface area contributed by atoms with Gasteiger partial charge in [-0.1, -0.05) is 11.3 Å². The van der Waals surface area contributed by atoms with Gasteiger partial charge in [0.05, 0.1) is 76.5 Å². The number of rotatable bonds is 16. The standard InChI is InChI=1S/C25H30N6O9.C2HF3O2/c32-20-5-4-19(23(35)27-20)31-24(36)17-2-1-3-18(22(17)25(31)37)26-14-16-15-30(29-28-16)7-9-39-11-13-40-12-10-38-8-6-21(33)34;3-2(4,5)1(6)7/h1-3,15,19,26H,4-14H2,(H,33,34)(H,27,32,35);(H,6,7). The maximum absolute atomic E-state index is 13.2. The van der Waals surface area contributed by atoms with E-state index in [9.17, 15) is 37.1 Å². The monoisotopic (exact) mass is 672 g/mol. The van der Waals surface area contributed by atoms with Gasteiger partial charge in [0, 0.05) is 12.1 Å². The summed E-state index contributed by atoms with van der Waals surface area (Å²) in [4.78, 5) is 70.1. The maximum atomic E-state index is 13.2. The number of carboxylic acid groups (broad SMARTS) is 2. The molecule has 1 atom stereocenters. The summed E-state index contributed by atoms with van der Waals surface area (Å²) in [6, 6.07) is 3.81. The van der Waals surface area contributed by atoms with Crippen LogP contribution in [0.1, 0.15) is 45.7 Å². The number of nitrogens with one attached hydrogen (secondary N) is 2. The average molecular weight is 673 g/mol. The van der Waals surface area contributed by atoms with Crippen molar-refractivity contribution >= 4 is 41.3 Å². The van der Waals surface area contributed by atoms with Crippen molar-refractivity contribution in [2.75, 3.05) is 45.0 Å². The Morgan fingerprint density at radius 3 is 2.23 bits per heavy atom. The Bertz CT molecular complexity index is 1470. The van der Waals surface area contributed by atoms with E-state index in [1.807, 2.05) is 0 Å². The molecule has 0 spiro atoms. The predicted molar refractivity (Wildman–Crippen MR) is 149 cm³/mol. The van der Waals surface area contributed by atoms with Gasteiger partial charge >= 0.3 is 18.1 Å². The van der Waals surface area contributed by atoms with Crippen LogP contribution in [0.2, 0.25) is 0 Å². The van der Waals surface area contributed by atoms with E-state index in [1.165, 1.54) is 6.07 Å². The number of hydrogen-bond acceptors (Lipinski definition) is 12. The zero-order valence-electron chi connectivity index (χ0n) is 24.7. The lowest BCUT2D eigenvalue weighted by molar-refractivity contribution is -0.192. The lowest BCUT2D eigenvalue weighted by Crippen LogP contribution is -2.54. The summed E-state index contributed by atoms with van der Waals surface area (Å²) in [5, 5.41) is 29.1. The molecule has 47 heavy (non-hydrogen) atoms. The first-order valence-corrected chi connectivity index (χ1v) is 14.0. The molecule has 2 aliphatic rings. The Balaban J connectivity index is 0.000000771. The molecule has 0 bridgehead atoms. The van der Waals surface area contributed by atoms with Crippen molar-refractivity contribution in [3.8, 4) is 0 Å². The summed E-state index contributed by atoms with van der Waals surface area (Å²) < 4.78 is 49.3. The van der Waals surface area contributed by atoms with E-state index in [4.69, 9.17) is 29.2 Å². The third-order valence-corrected chi connectivity index (χ3v) is 6.43. The molecule has 1 aromatic carbocycles. The number of aliphatic carboxylic acids is 2. The summed E-state index contributed by atoms with van der Waals surface area (Å²) in [6.07, 6.45) is -3.25. The third-order valence-electron chi connectivity index (χ3n) is 6.43. The van der Waals surface area contributed by atoms with E-state index in [0.717, 1.165) is 4.90 Å². The molecule has 1 unspecified atom stereocenters. The normalized spacial score (nSPS) is 16.0. The number of carboxylic acids is 2. The summed E-state index contributed by atoms with van der Waals surface area (Å²) in [5.74, 6) is -5.91. The van der Waals surface area contributed by atoms with Gasteiger partial charge < -0.3 is 29.7 Å². The number of ether oxygens (including phenoxy) is 3. The van der Waals surface area contributed by atoms with E-state index in [-0.39, 0.29) is 43.5 Å². The molecule has 0 saturated carbocycles. The number of benzene rings is 1. The van der Waals surface area contributed by atoms with Gasteiger partial charge in [-0.2, -0.15) is 13.2 Å². The number of alkyl halides is 3. The van der Waals surface area contributed by atoms with Crippen LogP contribution < -0.4 is 10.6 Å². The smallest absolute Gasteiger partial charge is 0.481 e. The van der Waals surface area contributed by atoms with E-state index >= 15 is 0 Å². The summed E-state index contributed by atoms with van der Waals surface area (Å²) >= 11 is 0. The van der Waals surface area contributed by atoms with Gasteiger partial charge in [0.1, 0.15) is 11.7 Å². The number of hydrogen-bond donors (Lipinski definition) is 4. The quantitative estimate of drug-likeness (QED) is 0.140. The van der Waals surface area contributed by atoms with E-state index in [2.05, 4.69) is 20.9 Å². The molecule has 2 aromatic rings. The molecule has 0 radical (unpaired) electrons. The molecule has 2 aliphatic heterocycles. The Kier molecular flexibility index (Phi) is 13.3. The van der Waals surface area contributed by atoms with Gasteiger partial charge in [-0.3, -0.25) is 34.2 Å². The first kappa shape index (κ1) is 36.5. The zero-order valence-corrected chi connectivity index (χ0v) is 24.7. The summed E-state index contributed by atoms with van der Waals surface area (Å²) in [7, 11) is 0. The molecule has 4 rings (SSSR count). The van der Waals surface area contributed by atoms with E-state index in [0.29, 0.717) is 51.0 Å². The molecule has 1 aromatic heterocycles. The number of imide groups is 2. The SMILES string of the molecule is O=C(O)C(F)(F)F.O=C(O)CCOCCOCCOCCn1cc(CNc2cccc3c2C(=O)N(C2CCC(=O)NC2=O)C3=O)nn1. The minimum atomic E-state index is -5.08. The average Bonchev–Trinajstić information content (AvgIpc) is 3.56. The van der Waals surface area contributed by atoms with Crippen LogP contribution in [0.25, 0.3) is 0 Å². The minimum absolute atomic E-state index is 0.0384. The molecule has 17 nitrogen and oxygen atoms in total. The van der Waals surface area contributed by atoms with E-state index < -0.39 is 47.8 Å². The number of aromatic nitrogens is 3. The highest BCUT2D eigenvalue weighted by atomic mass is 19.4. The maximum Gasteiger partial charge on any atom is 0.490 e. The molecule has 256 valence electrons. The molecule has 4 amide bonds. The molecule has 0 aliphatic carbocycles. The second-order valence-corrected chi connectivity index (χ2v) is 9.79. The van der Waals surface area contributed by atoms with Gasteiger partial charge in [0.2, 0.25) is 11.8 Å². The van der Waals surface area contributed by atoms with Crippen molar-refractivity contribution in [3.05, 3.63) is 41.2 Å². The van der Waals surface area contributed by atoms with Crippen LogP contribution >= 0.6 is 0 Å². The number of fused-ring (bicyclic) bond motifs is 1. The van der Waals surface area contributed by atoms with Gasteiger partial charge in [-0.15, -0.1) is 5.10 Å². The van der Waals surface area contributed by atoms with Gasteiger partial charge in [-0.25, -0.2) is 9.48 Å². The second-order valence-electron chi connectivity index (χ2n) is 9.79. The number of piperidine rings is 1. The summed E-state index contributed by atoms with van der Waals surface area (Å²) in [6.45, 7) is 2.64. The van der Waals surface area contributed by atoms with Crippen molar-refractivity contribution in [1.82, 2.24) is 25.2 Å². The lowest BCUT2D eigenvalue weighted by atomic mass is 10.0. The number of nitrogens with zero attached hydrogens (tertiary/aromatic N) is 4. The molecular formula is C27H31F3N6O11. The van der Waals surface area contributed by atoms with Crippen LogP contribution in [0.4, 0.5) is 18.9 Å². The molecular weight excluding hydrogens is 641 g/mol. The van der Waals surface area contributed by atoms with Crippen LogP contribution in [0.5, 0.6) is 0 Å². The number of amides is 4. The minimum Gasteiger partial charge on any atom is -0.481 e. The van der Waals surface area contributed by atoms with Crippen LogP contribution in [0, 0.1) is 0 Å². The third kappa shape index (κ3) is 10.8. The number of carbonyl (C=O) groups is 6. The molecule has 4 N–H and O–H groups in total. The zero-order chi connectivity index (χ0) is 34.6. The Morgan fingerprint density at radius 1 is 0.979 bits per heavy atom. The Morgan fingerprint density at radius 2 is 1.62 bits per heavy atom. The lowest BCUT2D eigenvalue weighted by Gasteiger charge is -2.27. The van der Waals surface area contributed by atoms with Gasteiger partial charge in [-0.05, 0) is 18.6 Å². The first-order valence-electron chi connectivity index (χ1n) is 14.0. The van der Waals surface area contributed by atoms with Crippen LogP contribution in [-0.2, 0) is 46.5 Å². The topological polar surface area (TPSA) is 229 Å². The number of halogens is 3. The highest BCUT2D eigenvalue weighted by Gasteiger charge is 2.45. The largest absolute Gasteiger partial charge is 0.490 e. The highest BCUT2D eigenvalue weighted by Crippen LogP contribution is 2.32. The summed E-state index contributed by atoms with van der Waals surface area (Å²) in [5.41, 5.74) is 1.39. The van der Waals surface area contributed by atoms with Crippen LogP contribution in [0.15, 0.2) is 24.4 Å². The predicted octanol–water partition coefficient (Wildman–Crippen LogP) is 0.449. The van der Waals surface area contributed by atoms with Gasteiger partial charge in [0.25, 0.3) is 11.8 Å². The van der Waals surface area contributed by atoms with Crippen molar-refractivity contribution in [1.29, 1.82) is 0 Å². The Hall–Kier alpha value is -4.95. The number of carbonyl (C=O) groups excluding carboxylic acids is 4. The van der Waals surface area contributed by atoms with Gasteiger partial charge in [0.15, 0.2) is 0 Å². The van der Waals surface area contributed by atoms with Crippen LogP contribution in [-0.4, -0.2) is 118 Å². The molecule has 1 saturated heterocycles. The van der Waals surface area contributed by atoms with Crippen molar-refractivity contribution in [3.63, 3.8) is 0 Å². The van der Waals surface area contributed by atoms with Crippen molar-refractivity contribution in [2.45, 2.75) is 44.6 Å². The second kappa shape index (κ2) is 17.1. The first-order chi connectivity index (χ1) is 22.3. The van der Waals surface area contributed by atoms with Crippen molar-refractivity contribution < 1.29 is 66.4 Å². The van der Waals surface area contributed by atoms with E-state index in [1.54, 1.807) is 23.0 Å². The molecule has 20 heteroatoms. The fraction of sp³-hybridized carbons (Fsp3) is 0.481. The highest BCUT2D eigenvalue weighted by molar-refractivity contribution is 6.25.